The summed E-state index contributed by atoms with van der Waals surface area (Å²) in [5.74, 6) is -0.0764. The second-order valence-corrected chi connectivity index (χ2v) is 9.32. The van der Waals surface area contributed by atoms with Crippen molar-refractivity contribution >= 4 is 40.3 Å². The normalized spacial score (nSPS) is 15.0. The lowest BCUT2D eigenvalue weighted by atomic mass is 9.97. The molecule has 2 heterocycles. The molecule has 0 radical (unpaired) electrons. The Bertz CT molecular complexity index is 1190. The zero-order valence-corrected chi connectivity index (χ0v) is 18.8. The molecule has 0 aliphatic heterocycles. The van der Waals surface area contributed by atoms with Gasteiger partial charge < -0.3 is 10.3 Å². The van der Waals surface area contributed by atoms with Crippen LogP contribution in [0.15, 0.2) is 52.1 Å². The van der Waals surface area contributed by atoms with E-state index >= 15 is 0 Å². The number of carbonyl (C=O) groups excluding carboxylic acids is 1. The topological polar surface area (TPSA) is 92.7 Å². The number of hydrogen-bond donors (Lipinski definition) is 2. The molecule has 2 aromatic heterocycles. The SMILES string of the molecule is CC(Sc1nc2c(cnn2-c2cccc(Cl)c2)c(=O)[nH]1)C(=O)NCCC1=CCCCC1. The molecule has 1 unspecified atom stereocenters. The van der Waals surface area contributed by atoms with Gasteiger partial charge in [0, 0.05) is 11.6 Å². The predicted octanol–water partition coefficient (Wildman–Crippen LogP) is 4.25. The summed E-state index contributed by atoms with van der Waals surface area (Å²) in [6.45, 7) is 2.43. The number of fused-ring (bicyclic) bond motifs is 1. The quantitative estimate of drug-likeness (QED) is 0.314. The average molecular weight is 458 g/mol. The van der Waals surface area contributed by atoms with Crippen LogP contribution in [0.3, 0.4) is 0 Å². The summed E-state index contributed by atoms with van der Waals surface area (Å²) >= 11 is 7.31. The molecule has 1 atom stereocenters. The van der Waals surface area contributed by atoms with Crippen LogP contribution >= 0.6 is 23.4 Å². The van der Waals surface area contributed by atoms with Crippen LogP contribution in [0, 0.1) is 0 Å². The van der Waals surface area contributed by atoms with Crippen molar-refractivity contribution in [1.82, 2.24) is 25.1 Å². The fourth-order valence-corrected chi connectivity index (χ4v) is 4.59. The van der Waals surface area contributed by atoms with Gasteiger partial charge in [0.1, 0.15) is 5.39 Å². The van der Waals surface area contributed by atoms with E-state index in [0.29, 0.717) is 33.4 Å². The second-order valence-electron chi connectivity index (χ2n) is 7.55. The third-order valence-corrected chi connectivity index (χ3v) is 6.48. The third kappa shape index (κ3) is 5.19. The lowest BCUT2D eigenvalue weighted by Crippen LogP contribution is -2.32. The zero-order chi connectivity index (χ0) is 21.8. The maximum atomic E-state index is 12.5. The highest BCUT2D eigenvalue weighted by molar-refractivity contribution is 8.00. The molecule has 1 amide bonds. The van der Waals surface area contributed by atoms with Gasteiger partial charge in [0.2, 0.25) is 5.91 Å². The highest BCUT2D eigenvalue weighted by Gasteiger charge is 2.18. The monoisotopic (exact) mass is 457 g/mol. The van der Waals surface area contributed by atoms with Gasteiger partial charge in [-0.05, 0) is 57.2 Å². The third-order valence-electron chi connectivity index (χ3n) is 5.26. The number of halogens is 1. The fraction of sp³-hybridized carbons (Fsp3) is 0.364. The van der Waals surface area contributed by atoms with Crippen molar-refractivity contribution in [1.29, 1.82) is 0 Å². The van der Waals surface area contributed by atoms with Gasteiger partial charge in [-0.1, -0.05) is 41.1 Å². The molecule has 4 rings (SSSR count). The van der Waals surface area contributed by atoms with Crippen molar-refractivity contribution in [3.05, 3.63) is 57.5 Å². The van der Waals surface area contributed by atoms with Crippen molar-refractivity contribution in [3.8, 4) is 5.69 Å². The lowest BCUT2D eigenvalue weighted by Gasteiger charge is -2.14. The molecule has 0 saturated heterocycles. The summed E-state index contributed by atoms with van der Waals surface area (Å²) in [6.07, 6.45) is 9.43. The molecule has 0 spiro atoms. The number of nitrogens with one attached hydrogen (secondary N) is 2. The molecule has 0 saturated carbocycles. The first kappa shape index (κ1) is 21.6. The summed E-state index contributed by atoms with van der Waals surface area (Å²) in [4.78, 5) is 32.3. The second kappa shape index (κ2) is 9.70. The van der Waals surface area contributed by atoms with Gasteiger partial charge in [0.05, 0.1) is 17.1 Å². The molecule has 0 fully saturated rings. The largest absolute Gasteiger partial charge is 0.355 e. The van der Waals surface area contributed by atoms with Gasteiger partial charge in [-0.25, -0.2) is 9.67 Å². The summed E-state index contributed by atoms with van der Waals surface area (Å²) in [6, 6.07) is 7.17. The first-order valence-electron chi connectivity index (χ1n) is 10.4. The summed E-state index contributed by atoms with van der Waals surface area (Å²) in [5.41, 5.74) is 2.26. The number of nitrogens with zero attached hydrogens (tertiary/aromatic N) is 3. The summed E-state index contributed by atoms with van der Waals surface area (Å²) < 4.78 is 1.57. The van der Waals surface area contributed by atoms with E-state index in [0.717, 1.165) is 19.3 Å². The Morgan fingerprint density at radius 2 is 2.26 bits per heavy atom. The van der Waals surface area contributed by atoms with E-state index in [9.17, 15) is 9.59 Å². The van der Waals surface area contributed by atoms with Gasteiger partial charge in [-0.15, -0.1) is 0 Å². The van der Waals surface area contributed by atoms with Crippen molar-refractivity contribution in [2.45, 2.75) is 49.4 Å². The Labute approximate surface area is 189 Å². The molecule has 31 heavy (non-hydrogen) atoms. The van der Waals surface area contributed by atoms with Crippen molar-refractivity contribution < 1.29 is 4.79 Å². The summed E-state index contributed by atoms with van der Waals surface area (Å²) in [7, 11) is 0. The Kier molecular flexibility index (Phi) is 6.77. The Hall–Kier alpha value is -2.58. The van der Waals surface area contributed by atoms with Gasteiger partial charge in [0.25, 0.3) is 5.56 Å². The minimum atomic E-state index is -0.400. The van der Waals surface area contributed by atoms with Gasteiger partial charge in [0.15, 0.2) is 10.8 Å². The average Bonchev–Trinajstić information content (AvgIpc) is 3.19. The van der Waals surface area contributed by atoms with Crippen LogP contribution in [-0.4, -0.2) is 37.5 Å². The van der Waals surface area contributed by atoms with Crippen LogP contribution < -0.4 is 10.9 Å². The minimum absolute atomic E-state index is 0.0764. The highest BCUT2D eigenvalue weighted by Crippen LogP contribution is 2.23. The van der Waals surface area contributed by atoms with E-state index in [1.807, 2.05) is 12.1 Å². The number of benzene rings is 1. The number of allylic oxidation sites excluding steroid dienone is 1. The van der Waals surface area contributed by atoms with Crippen molar-refractivity contribution in [3.63, 3.8) is 0 Å². The molecule has 1 aliphatic rings. The number of rotatable bonds is 7. The Morgan fingerprint density at radius 3 is 3.03 bits per heavy atom. The van der Waals surface area contributed by atoms with Crippen LogP contribution in [0.1, 0.15) is 39.0 Å². The van der Waals surface area contributed by atoms with Gasteiger partial charge in [-0.2, -0.15) is 5.10 Å². The molecule has 1 aromatic carbocycles. The van der Waals surface area contributed by atoms with Crippen LogP contribution in [0.25, 0.3) is 16.7 Å². The Balaban J connectivity index is 1.46. The molecule has 2 N–H and O–H groups in total. The number of carbonyl (C=O) groups is 1. The molecule has 9 heteroatoms. The molecular weight excluding hydrogens is 434 g/mol. The first-order chi connectivity index (χ1) is 15.0. The fourth-order valence-electron chi connectivity index (χ4n) is 3.59. The van der Waals surface area contributed by atoms with E-state index in [1.165, 1.54) is 36.4 Å². The van der Waals surface area contributed by atoms with E-state index in [1.54, 1.807) is 23.7 Å². The lowest BCUT2D eigenvalue weighted by molar-refractivity contribution is -0.120. The molecular formula is C22H24ClN5O2S. The van der Waals surface area contributed by atoms with Crippen LogP contribution in [0.5, 0.6) is 0 Å². The number of amides is 1. The number of thioether (sulfide) groups is 1. The number of hydrogen-bond acceptors (Lipinski definition) is 5. The standard InChI is InChI=1S/C22H24ClN5O2S/c1-14(20(29)24-11-10-15-6-3-2-4-7-15)31-22-26-19-18(21(30)27-22)13-25-28(19)17-9-5-8-16(23)12-17/h5-6,8-9,12-14H,2-4,7,10-11H2,1H3,(H,24,29)(H,26,27,30). The van der Waals surface area contributed by atoms with Crippen LogP contribution in [0.2, 0.25) is 5.02 Å². The molecule has 3 aromatic rings. The van der Waals surface area contributed by atoms with E-state index in [2.05, 4.69) is 26.5 Å². The van der Waals surface area contributed by atoms with Crippen molar-refractivity contribution in [2.75, 3.05) is 6.54 Å². The number of H-pyrrole nitrogens is 1. The molecule has 1 aliphatic carbocycles. The van der Waals surface area contributed by atoms with Gasteiger partial charge >= 0.3 is 0 Å². The zero-order valence-electron chi connectivity index (χ0n) is 17.2. The van der Waals surface area contributed by atoms with Gasteiger partial charge in [-0.3, -0.25) is 9.59 Å². The van der Waals surface area contributed by atoms with E-state index in [4.69, 9.17) is 11.6 Å². The van der Waals surface area contributed by atoms with Crippen LogP contribution in [0.4, 0.5) is 0 Å². The molecule has 0 bridgehead atoms. The maximum absolute atomic E-state index is 12.5. The predicted molar refractivity (Wildman–Crippen MR) is 124 cm³/mol. The molecule has 162 valence electrons. The highest BCUT2D eigenvalue weighted by atomic mass is 35.5. The van der Waals surface area contributed by atoms with Crippen molar-refractivity contribution in [2.24, 2.45) is 0 Å². The smallest absolute Gasteiger partial charge is 0.262 e. The number of aromatic amines is 1. The first-order valence-corrected chi connectivity index (χ1v) is 11.6. The minimum Gasteiger partial charge on any atom is -0.355 e. The summed E-state index contributed by atoms with van der Waals surface area (Å²) in [5, 5.41) is 8.19. The van der Waals surface area contributed by atoms with E-state index in [-0.39, 0.29) is 11.5 Å². The Morgan fingerprint density at radius 1 is 1.39 bits per heavy atom. The van der Waals surface area contributed by atoms with E-state index < -0.39 is 5.25 Å². The van der Waals surface area contributed by atoms with Crippen LogP contribution in [-0.2, 0) is 4.79 Å². The number of aromatic nitrogens is 4. The molecule has 7 nitrogen and oxygen atoms in total. The maximum Gasteiger partial charge on any atom is 0.262 e.